The van der Waals surface area contributed by atoms with Crippen molar-refractivity contribution >= 4 is 17.4 Å². The first kappa shape index (κ1) is 27.0. The number of ketones is 1. The second kappa shape index (κ2) is 9.71. The quantitative estimate of drug-likeness (QED) is 0.237. The van der Waals surface area contributed by atoms with E-state index in [0.29, 0.717) is 33.8 Å². The standard InChI is InChI=1S/C31H35NO6/c1-30(2,3)22-15-19(16-23(27(22)34)31(4,5)6)25-24(26(33)18-10-12-20(37-7)13-11-18)28(35)29(36)32(25)17-21-9-8-14-38-21/h8-16,25,33-34H,17H2,1-7H3. The number of likely N-dealkylation sites (tertiary alicyclic amines) is 1. The van der Waals surface area contributed by atoms with E-state index >= 15 is 0 Å². The second-order valence-corrected chi connectivity index (χ2v) is 11.7. The molecular formula is C31H35NO6. The van der Waals surface area contributed by atoms with Crippen molar-refractivity contribution in [2.24, 2.45) is 0 Å². The van der Waals surface area contributed by atoms with E-state index in [9.17, 15) is 19.8 Å². The van der Waals surface area contributed by atoms with Gasteiger partial charge in [0.1, 0.15) is 23.0 Å². The third-order valence-electron chi connectivity index (χ3n) is 6.87. The van der Waals surface area contributed by atoms with E-state index in [1.807, 2.05) is 53.7 Å². The van der Waals surface area contributed by atoms with Crippen LogP contribution in [0.3, 0.4) is 0 Å². The molecular weight excluding hydrogens is 482 g/mol. The Morgan fingerprint density at radius 3 is 2.03 bits per heavy atom. The van der Waals surface area contributed by atoms with Crippen LogP contribution in [0.2, 0.25) is 0 Å². The fourth-order valence-corrected chi connectivity index (χ4v) is 4.82. The lowest BCUT2D eigenvalue weighted by Gasteiger charge is -2.31. The third kappa shape index (κ3) is 4.93. The number of hydrogen-bond donors (Lipinski definition) is 2. The Labute approximate surface area is 223 Å². The molecule has 1 fully saturated rings. The summed E-state index contributed by atoms with van der Waals surface area (Å²) >= 11 is 0. The number of aliphatic hydroxyl groups excluding tert-OH is 1. The molecule has 0 radical (unpaired) electrons. The summed E-state index contributed by atoms with van der Waals surface area (Å²) in [5.74, 6) is -0.499. The van der Waals surface area contributed by atoms with E-state index < -0.39 is 28.6 Å². The van der Waals surface area contributed by atoms with Gasteiger partial charge in [0.2, 0.25) is 0 Å². The molecule has 2 aromatic carbocycles. The number of aromatic hydroxyl groups is 1. The Bertz CT molecular complexity index is 1350. The van der Waals surface area contributed by atoms with Gasteiger partial charge in [0.15, 0.2) is 0 Å². The highest BCUT2D eigenvalue weighted by molar-refractivity contribution is 6.46. The molecule has 1 atom stereocenters. The van der Waals surface area contributed by atoms with Crippen molar-refractivity contribution in [3.63, 3.8) is 0 Å². The van der Waals surface area contributed by atoms with Crippen molar-refractivity contribution in [3.8, 4) is 11.5 Å². The first-order valence-electron chi connectivity index (χ1n) is 12.6. The summed E-state index contributed by atoms with van der Waals surface area (Å²) in [6.07, 6.45) is 1.51. The highest BCUT2D eigenvalue weighted by Gasteiger charge is 2.47. The van der Waals surface area contributed by atoms with Gasteiger partial charge in [-0.15, -0.1) is 0 Å². The van der Waals surface area contributed by atoms with Crippen LogP contribution in [-0.2, 0) is 27.0 Å². The van der Waals surface area contributed by atoms with Crippen LogP contribution < -0.4 is 4.74 Å². The van der Waals surface area contributed by atoms with Crippen LogP contribution in [0.25, 0.3) is 5.76 Å². The number of rotatable bonds is 5. The van der Waals surface area contributed by atoms with Crippen LogP contribution >= 0.6 is 0 Å². The predicted octanol–water partition coefficient (Wildman–Crippen LogP) is 6.21. The van der Waals surface area contributed by atoms with Crippen molar-refractivity contribution in [1.82, 2.24) is 4.90 Å². The van der Waals surface area contributed by atoms with E-state index in [2.05, 4.69) is 0 Å². The van der Waals surface area contributed by atoms with Gasteiger partial charge in [0, 0.05) is 5.56 Å². The summed E-state index contributed by atoms with van der Waals surface area (Å²) in [6, 6.07) is 12.9. The summed E-state index contributed by atoms with van der Waals surface area (Å²) in [4.78, 5) is 28.3. The lowest BCUT2D eigenvalue weighted by atomic mass is 9.77. The first-order valence-corrected chi connectivity index (χ1v) is 12.6. The Hall–Kier alpha value is -4.00. The minimum absolute atomic E-state index is 0.0165. The number of phenolic OH excluding ortho intramolecular Hbond substituents is 1. The van der Waals surface area contributed by atoms with Gasteiger partial charge in [0.05, 0.1) is 31.5 Å². The van der Waals surface area contributed by atoms with Gasteiger partial charge in [-0.3, -0.25) is 9.59 Å². The molecule has 4 rings (SSSR count). The number of hydrogen-bond acceptors (Lipinski definition) is 6. The molecule has 7 heteroatoms. The van der Waals surface area contributed by atoms with Gasteiger partial charge < -0.3 is 24.3 Å². The van der Waals surface area contributed by atoms with Crippen LogP contribution in [0, 0.1) is 0 Å². The predicted molar refractivity (Wildman–Crippen MR) is 145 cm³/mol. The monoisotopic (exact) mass is 517 g/mol. The van der Waals surface area contributed by atoms with Crippen LogP contribution in [-0.4, -0.2) is 33.9 Å². The highest BCUT2D eigenvalue weighted by atomic mass is 16.5. The molecule has 1 saturated heterocycles. The molecule has 0 bridgehead atoms. The second-order valence-electron chi connectivity index (χ2n) is 11.7. The highest BCUT2D eigenvalue weighted by Crippen LogP contribution is 2.46. The van der Waals surface area contributed by atoms with Crippen LogP contribution in [0.1, 0.15) is 75.6 Å². The molecule has 38 heavy (non-hydrogen) atoms. The Morgan fingerprint density at radius 1 is 0.974 bits per heavy atom. The molecule has 1 amide bonds. The topological polar surface area (TPSA) is 100 Å². The summed E-state index contributed by atoms with van der Waals surface area (Å²) in [6.45, 7) is 12.0. The number of furan rings is 1. The maximum atomic E-state index is 13.5. The number of phenols is 1. The Morgan fingerprint density at radius 2 is 1.55 bits per heavy atom. The number of methoxy groups -OCH3 is 1. The van der Waals surface area contributed by atoms with Crippen molar-refractivity contribution in [3.05, 3.63) is 88.4 Å². The lowest BCUT2D eigenvalue weighted by Crippen LogP contribution is -2.29. The number of ether oxygens (including phenoxy) is 1. The maximum absolute atomic E-state index is 13.5. The van der Waals surface area contributed by atoms with Crippen LogP contribution in [0.15, 0.2) is 64.8 Å². The van der Waals surface area contributed by atoms with Gasteiger partial charge in [-0.25, -0.2) is 0 Å². The summed E-state index contributed by atoms with van der Waals surface area (Å²) in [5, 5.41) is 22.7. The van der Waals surface area contributed by atoms with Gasteiger partial charge in [-0.1, -0.05) is 41.5 Å². The van der Waals surface area contributed by atoms with Gasteiger partial charge in [-0.2, -0.15) is 0 Å². The zero-order valence-corrected chi connectivity index (χ0v) is 23.0. The molecule has 3 aromatic rings. The number of Topliss-reactive ketones (excluding diaryl/α,β-unsaturated/α-hetero) is 1. The Kier molecular flexibility index (Phi) is 6.91. The smallest absolute Gasteiger partial charge is 0.296 e. The summed E-state index contributed by atoms with van der Waals surface area (Å²) in [5.41, 5.74) is 1.51. The molecule has 0 spiro atoms. The third-order valence-corrected chi connectivity index (χ3v) is 6.87. The lowest BCUT2D eigenvalue weighted by molar-refractivity contribution is -0.140. The molecule has 2 heterocycles. The van der Waals surface area contributed by atoms with Gasteiger partial charge >= 0.3 is 0 Å². The maximum Gasteiger partial charge on any atom is 0.296 e. The minimum Gasteiger partial charge on any atom is -0.507 e. The number of carbonyl (C=O) groups is 2. The molecule has 1 aliphatic rings. The molecule has 1 unspecified atom stereocenters. The minimum atomic E-state index is -0.898. The van der Waals surface area contributed by atoms with Crippen molar-refractivity contribution in [1.29, 1.82) is 0 Å². The van der Waals surface area contributed by atoms with Gasteiger partial charge in [-0.05, 0) is 76.1 Å². The number of benzene rings is 2. The van der Waals surface area contributed by atoms with Crippen LogP contribution in [0.5, 0.6) is 11.5 Å². The number of amides is 1. The summed E-state index contributed by atoms with van der Waals surface area (Å²) in [7, 11) is 1.54. The van der Waals surface area contributed by atoms with Crippen LogP contribution in [0.4, 0.5) is 0 Å². The molecule has 200 valence electrons. The number of nitrogens with zero attached hydrogens (tertiary/aromatic N) is 1. The number of aliphatic hydroxyl groups is 1. The Balaban J connectivity index is 2.00. The SMILES string of the molecule is COc1ccc(C(O)=C2C(=O)C(=O)N(Cc3ccco3)C2c2cc(C(C)(C)C)c(O)c(C(C)(C)C)c2)cc1. The van der Waals surface area contributed by atoms with E-state index in [0.717, 1.165) is 0 Å². The number of carbonyl (C=O) groups excluding carboxylic acids is 2. The molecule has 7 nitrogen and oxygen atoms in total. The zero-order valence-electron chi connectivity index (χ0n) is 23.0. The van der Waals surface area contributed by atoms with Gasteiger partial charge in [0.25, 0.3) is 11.7 Å². The van der Waals surface area contributed by atoms with E-state index in [1.54, 1.807) is 43.5 Å². The zero-order chi connectivity index (χ0) is 28.0. The first-order chi connectivity index (χ1) is 17.7. The fourth-order valence-electron chi connectivity index (χ4n) is 4.82. The molecule has 1 aromatic heterocycles. The average molecular weight is 518 g/mol. The molecule has 0 aliphatic carbocycles. The molecule has 0 saturated carbocycles. The summed E-state index contributed by atoms with van der Waals surface area (Å²) < 4.78 is 10.7. The molecule has 1 aliphatic heterocycles. The van der Waals surface area contributed by atoms with Crippen molar-refractivity contribution in [2.45, 2.75) is 65.0 Å². The van der Waals surface area contributed by atoms with E-state index in [4.69, 9.17) is 9.15 Å². The molecule has 2 N–H and O–H groups in total. The fraction of sp³-hybridized carbons (Fsp3) is 0.355. The normalized spacial score (nSPS) is 17.8. The van der Waals surface area contributed by atoms with Crippen molar-refractivity contribution in [2.75, 3.05) is 7.11 Å². The largest absolute Gasteiger partial charge is 0.507 e. The van der Waals surface area contributed by atoms with E-state index in [-0.39, 0.29) is 23.6 Å². The van der Waals surface area contributed by atoms with E-state index in [1.165, 1.54) is 11.2 Å². The average Bonchev–Trinajstić information content (AvgIpc) is 3.45. The van der Waals surface area contributed by atoms with Crippen molar-refractivity contribution < 1.29 is 29.0 Å².